The molecule has 0 aliphatic carbocycles. The number of anilines is 1. The second kappa shape index (κ2) is 7.61. The van der Waals surface area contributed by atoms with Crippen molar-refractivity contribution in [2.45, 2.75) is 33.7 Å². The van der Waals surface area contributed by atoms with Crippen LogP contribution in [0.5, 0.6) is 0 Å². The highest BCUT2D eigenvalue weighted by Gasteiger charge is 2.13. The Morgan fingerprint density at radius 3 is 2.81 bits per heavy atom. The summed E-state index contributed by atoms with van der Waals surface area (Å²) in [6.45, 7) is 6.13. The second-order valence-corrected chi connectivity index (χ2v) is 6.70. The third-order valence-corrected chi connectivity index (χ3v) is 4.66. The molecular formula is C17H19N5O3S. The van der Waals surface area contributed by atoms with Crippen molar-refractivity contribution < 1.29 is 14.3 Å². The van der Waals surface area contributed by atoms with Crippen LogP contribution in [0.25, 0.3) is 11.0 Å². The number of hydrogen-bond acceptors (Lipinski definition) is 7. The Balaban J connectivity index is 1.65. The normalized spacial score (nSPS) is 10.9. The van der Waals surface area contributed by atoms with Crippen molar-refractivity contribution in [1.29, 1.82) is 0 Å². The van der Waals surface area contributed by atoms with Crippen LogP contribution in [-0.4, -0.2) is 38.5 Å². The first-order valence-electron chi connectivity index (χ1n) is 8.16. The predicted molar refractivity (Wildman–Crippen MR) is 98.1 cm³/mol. The van der Waals surface area contributed by atoms with E-state index in [2.05, 4.69) is 20.6 Å². The van der Waals surface area contributed by atoms with Gasteiger partial charge in [0.05, 0.1) is 24.2 Å². The SMILES string of the molecule is CCOC(=O)Cc1csc(NC(=O)Cn2nnc3cc(C)c(C)cc32)n1. The molecule has 136 valence electrons. The lowest BCUT2D eigenvalue weighted by Gasteiger charge is -2.04. The van der Waals surface area contributed by atoms with Gasteiger partial charge in [0.1, 0.15) is 12.1 Å². The van der Waals surface area contributed by atoms with E-state index in [-0.39, 0.29) is 24.8 Å². The number of benzene rings is 1. The maximum absolute atomic E-state index is 12.3. The van der Waals surface area contributed by atoms with Crippen molar-refractivity contribution in [3.8, 4) is 0 Å². The zero-order valence-electron chi connectivity index (χ0n) is 14.8. The Kier molecular flexibility index (Phi) is 5.27. The van der Waals surface area contributed by atoms with E-state index in [1.54, 1.807) is 17.0 Å². The summed E-state index contributed by atoms with van der Waals surface area (Å²) in [5.41, 5.74) is 4.38. The highest BCUT2D eigenvalue weighted by Crippen LogP contribution is 2.18. The number of fused-ring (bicyclic) bond motifs is 1. The standard InChI is InChI=1S/C17H19N5O3S/c1-4-25-16(24)7-12-9-26-17(18-12)19-15(23)8-22-14-6-11(3)10(2)5-13(14)20-21-22/h5-6,9H,4,7-8H2,1-3H3,(H,18,19,23). The summed E-state index contributed by atoms with van der Waals surface area (Å²) >= 11 is 1.26. The maximum atomic E-state index is 12.3. The van der Waals surface area contributed by atoms with E-state index in [1.807, 2.05) is 26.0 Å². The van der Waals surface area contributed by atoms with E-state index < -0.39 is 0 Å². The van der Waals surface area contributed by atoms with E-state index in [0.717, 1.165) is 22.2 Å². The Morgan fingerprint density at radius 1 is 1.27 bits per heavy atom. The number of amides is 1. The topological polar surface area (TPSA) is 99.0 Å². The third kappa shape index (κ3) is 4.05. The molecule has 0 saturated heterocycles. The van der Waals surface area contributed by atoms with Gasteiger partial charge in [-0.2, -0.15) is 0 Å². The van der Waals surface area contributed by atoms with Gasteiger partial charge in [-0.1, -0.05) is 5.21 Å². The summed E-state index contributed by atoms with van der Waals surface area (Å²) < 4.78 is 6.44. The molecule has 2 aromatic heterocycles. The predicted octanol–water partition coefficient (Wildman–Crippen LogP) is 2.25. The van der Waals surface area contributed by atoms with Crippen molar-refractivity contribution in [1.82, 2.24) is 20.0 Å². The first-order chi connectivity index (χ1) is 12.5. The van der Waals surface area contributed by atoms with Gasteiger partial charge in [0.25, 0.3) is 0 Å². The number of rotatable bonds is 6. The Labute approximate surface area is 154 Å². The van der Waals surface area contributed by atoms with Crippen molar-refractivity contribution >= 4 is 39.4 Å². The molecule has 0 aliphatic heterocycles. The van der Waals surface area contributed by atoms with Gasteiger partial charge >= 0.3 is 5.97 Å². The fraction of sp³-hybridized carbons (Fsp3) is 0.353. The molecule has 3 aromatic rings. The number of hydrogen-bond donors (Lipinski definition) is 1. The molecule has 0 aliphatic rings. The van der Waals surface area contributed by atoms with Gasteiger partial charge in [0.15, 0.2) is 5.13 Å². The van der Waals surface area contributed by atoms with Crippen molar-refractivity contribution in [2.75, 3.05) is 11.9 Å². The summed E-state index contributed by atoms with van der Waals surface area (Å²) in [5.74, 6) is -0.595. The number of ether oxygens (including phenoxy) is 1. The minimum Gasteiger partial charge on any atom is -0.466 e. The minimum absolute atomic E-state index is 0.0335. The molecule has 0 spiro atoms. The number of aryl methyl sites for hydroxylation is 2. The number of thiazole rings is 1. The molecule has 0 bridgehead atoms. The lowest BCUT2D eigenvalue weighted by atomic mass is 10.1. The fourth-order valence-electron chi connectivity index (χ4n) is 2.44. The van der Waals surface area contributed by atoms with E-state index in [0.29, 0.717) is 17.4 Å². The molecule has 0 saturated carbocycles. The molecule has 3 rings (SSSR count). The van der Waals surface area contributed by atoms with Crippen LogP contribution in [0, 0.1) is 13.8 Å². The van der Waals surface area contributed by atoms with E-state index >= 15 is 0 Å². The van der Waals surface area contributed by atoms with Crippen LogP contribution in [0.1, 0.15) is 23.7 Å². The molecular weight excluding hydrogens is 354 g/mol. The monoisotopic (exact) mass is 373 g/mol. The van der Waals surface area contributed by atoms with Crippen LogP contribution in [0.2, 0.25) is 0 Å². The average molecular weight is 373 g/mol. The second-order valence-electron chi connectivity index (χ2n) is 5.85. The van der Waals surface area contributed by atoms with Crippen LogP contribution in [-0.2, 0) is 27.3 Å². The summed E-state index contributed by atoms with van der Waals surface area (Å²) in [7, 11) is 0. The molecule has 1 aromatic carbocycles. The molecule has 1 N–H and O–H groups in total. The number of aromatic nitrogens is 4. The van der Waals surface area contributed by atoms with E-state index in [1.165, 1.54) is 11.3 Å². The molecule has 1 amide bonds. The van der Waals surface area contributed by atoms with Crippen molar-refractivity contribution in [3.05, 3.63) is 34.3 Å². The average Bonchev–Trinajstić information content (AvgIpc) is 3.16. The van der Waals surface area contributed by atoms with Gasteiger partial charge in [0.2, 0.25) is 5.91 Å². The third-order valence-electron chi connectivity index (χ3n) is 3.85. The summed E-state index contributed by atoms with van der Waals surface area (Å²) in [4.78, 5) is 28.0. The van der Waals surface area contributed by atoms with Gasteiger partial charge in [-0.15, -0.1) is 16.4 Å². The number of carbonyl (C=O) groups excluding carboxylic acids is 2. The van der Waals surface area contributed by atoms with Crippen molar-refractivity contribution in [3.63, 3.8) is 0 Å². The molecule has 0 unspecified atom stereocenters. The first kappa shape index (κ1) is 18.0. The maximum Gasteiger partial charge on any atom is 0.311 e. The van der Waals surface area contributed by atoms with Gasteiger partial charge in [0, 0.05) is 5.38 Å². The van der Waals surface area contributed by atoms with Crippen LogP contribution < -0.4 is 5.32 Å². The van der Waals surface area contributed by atoms with Crippen LogP contribution >= 0.6 is 11.3 Å². The van der Waals surface area contributed by atoms with Crippen LogP contribution in [0.3, 0.4) is 0 Å². The molecule has 2 heterocycles. The lowest BCUT2D eigenvalue weighted by molar-refractivity contribution is -0.142. The molecule has 26 heavy (non-hydrogen) atoms. The quantitative estimate of drug-likeness (QED) is 0.665. The number of carbonyl (C=O) groups is 2. The van der Waals surface area contributed by atoms with Gasteiger partial charge in [-0.25, -0.2) is 9.67 Å². The van der Waals surface area contributed by atoms with Crippen molar-refractivity contribution in [2.24, 2.45) is 0 Å². The number of nitrogens with one attached hydrogen (secondary N) is 1. The van der Waals surface area contributed by atoms with Crippen LogP contribution in [0.15, 0.2) is 17.5 Å². The Morgan fingerprint density at radius 2 is 2.04 bits per heavy atom. The smallest absolute Gasteiger partial charge is 0.311 e. The highest BCUT2D eigenvalue weighted by molar-refractivity contribution is 7.13. The fourth-order valence-corrected chi connectivity index (χ4v) is 3.17. The van der Waals surface area contributed by atoms with Gasteiger partial charge in [-0.3, -0.25) is 9.59 Å². The minimum atomic E-state index is -0.338. The number of esters is 1. The van der Waals surface area contributed by atoms with Gasteiger partial charge < -0.3 is 10.1 Å². The van der Waals surface area contributed by atoms with E-state index in [4.69, 9.17) is 4.74 Å². The number of nitrogens with zero attached hydrogens (tertiary/aromatic N) is 4. The van der Waals surface area contributed by atoms with E-state index in [9.17, 15) is 9.59 Å². The summed E-state index contributed by atoms with van der Waals surface area (Å²) in [6.07, 6.45) is 0.0898. The summed E-state index contributed by atoms with van der Waals surface area (Å²) in [6, 6.07) is 3.92. The molecule has 0 atom stereocenters. The lowest BCUT2D eigenvalue weighted by Crippen LogP contribution is -2.19. The molecule has 8 nitrogen and oxygen atoms in total. The molecule has 0 radical (unpaired) electrons. The molecule has 0 fully saturated rings. The van der Waals surface area contributed by atoms with Crippen LogP contribution in [0.4, 0.5) is 5.13 Å². The van der Waals surface area contributed by atoms with Gasteiger partial charge in [-0.05, 0) is 44.0 Å². The largest absolute Gasteiger partial charge is 0.466 e. The zero-order chi connectivity index (χ0) is 18.7. The Bertz CT molecular complexity index is 963. The Hall–Kier alpha value is -2.81. The first-order valence-corrected chi connectivity index (χ1v) is 9.04. The zero-order valence-corrected chi connectivity index (χ0v) is 15.6. The highest BCUT2D eigenvalue weighted by atomic mass is 32.1. The summed E-state index contributed by atoms with van der Waals surface area (Å²) in [5, 5.41) is 13.0. The molecule has 9 heteroatoms.